The van der Waals surface area contributed by atoms with E-state index in [1.165, 1.54) is 6.07 Å². The number of furan rings is 1. The summed E-state index contributed by atoms with van der Waals surface area (Å²) in [5, 5.41) is 3.85. The number of carbonyl (C=O) groups excluding carboxylic acids is 2. The number of para-hydroxylation sites is 1. The molecule has 0 saturated carbocycles. The number of rotatable bonds is 4. The van der Waals surface area contributed by atoms with Gasteiger partial charge >= 0.3 is 0 Å². The predicted octanol–water partition coefficient (Wildman–Crippen LogP) is 4.16. The van der Waals surface area contributed by atoms with Crippen LogP contribution in [0, 0.1) is 0 Å². The molecule has 0 bridgehead atoms. The standard InChI is InChI=1S/C25H20N2O4/c28-20-11-6-10-19-17(20)14-18(24(29)26-19)25(30)27-23(15-7-2-1-3-8-15)22-13-16-9-4-5-12-21(16)31-22/h1-5,7-9,12-14,23H,6,10-11H2,(H,26,29)(H,27,30)/t23-/m1/s1. The van der Waals surface area contributed by atoms with E-state index in [9.17, 15) is 14.4 Å². The lowest BCUT2D eigenvalue weighted by molar-refractivity contribution is 0.0937. The fraction of sp³-hybridized carbons (Fsp3) is 0.160. The van der Waals surface area contributed by atoms with Crippen LogP contribution >= 0.6 is 0 Å². The smallest absolute Gasteiger partial charge is 0.261 e. The fourth-order valence-corrected chi connectivity index (χ4v) is 4.06. The Bertz CT molecular complexity index is 1320. The van der Waals surface area contributed by atoms with Crippen LogP contribution in [-0.4, -0.2) is 16.7 Å². The third kappa shape index (κ3) is 3.57. The van der Waals surface area contributed by atoms with Crippen LogP contribution in [-0.2, 0) is 6.42 Å². The highest BCUT2D eigenvalue weighted by Crippen LogP contribution is 2.28. The number of fused-ring (bicyclic) bond motifs is 2. The summed E-state index contributed by atoms with van der Waals surface area (Å²) in [6, 6.07) is 19.7. The summed E-state index contributed by atoms with van der Waals surface area (Å²) in [5.41, 5.74) is 1.99. The zero-order valence-corrected chi connectivity index (χ0v) is 16.7. The minimum atomic E-state index is -0.591. The molecule has 5 rings (SSSR count). The first-order valence-electron chi connectivity index (χ1n) is 10.2. The van der Waals surface area contributed by atoms with Crippen molar-refractivity contribution in [3.8, 4) is 0 Å². The predicted molar refractivity (Wildman–Crippen MR) is 116 cm³/mol. The third-order valence-corrected chi connectivity index (χ3v) is 5.64. The molecule has 2 heterocycles. The van der Waals surface area contributed by atoms with Crippen LogP contribution in [0.3, 0.4) is 0 Å². The fourth-order valence-electron chi connectivity index (χ4n) is 4.06. The zero-order valence-electron chi connectivity index (χ0n) is 16.7. The molecule has 0 unspecified atom stereocenters. The average molecular weight is 412 g/mol. The molecule has 6 nitrogen and oxygen atoms in total. The molecule has 0 saturated heterocycles. The number of aromatic amines is 1. The van der Waals surface area contributed by atoms with E-state index in [-0.39, 0.29) is 11.3 Å². The number of aryl methyl sites for hydroxylation is 1. The van der Waals surface area contributed by atoms with Crippen LogP contribution < -0.4 is 10.9 Å². The van der Waals surface area contributed by atoms with Crippen LogP contribution in [0.4, 0.5) is 0 Å². The van der Waals surface area contributed by atoms with Crippen LogP contribution in [0.2, 0.25) is 0 Å². The molecule has 2 aromatic heterocycles. The third-order valence-electron chi connectivity index (χ3n) is 5.64. The zero-order chi connectivity index (χ0) is 21.4. The molecule has 1 aliphatic rings. The molecule has 154 valence electrons. The van der Waals surface area contributed by atoms with Gasteiger partial charge in [0.05, 0.1) is 0 Å². The molecule has 1 aliphatic carbocycles. The quantitative estimate of drug-likeness (QED) is 0.526. The van der Waals surface area contributed by atoms with E-state index in [0.717, 1.165) is 10.9 Å². The molecule has 31 heavy (non-hydrogen) atoms. The van der Waals surface area contributed by atoms with Gasteiger partial charge in [-0.05, 0) is 36.6 Å². The van der Waals surface area contributed by atoms with Crippen molar-refractivity contribution in [1.82, 2.24) is 10.3 Å². The van der Waals surface area contributed by atoms with E-state index in [4.69, 9.17) is 4.42 Å². The molecular weight excluding hydrogens is 392 g/mol. The Labute approximate surface area is 177 Å². The minimum absolute atomic E-state index is 0.0524. The second kappa shape index (κ2) is 7.72. The molecule has 4 aromatic rings. The molecule has 1 amide bonds. The average Bonchev–Trinajstić information content (AvgIpc) is 3.21. The maximum atomic E-state index is 13.1. The Morgan fingerprint density at radius 3 is 2.55 bits per heavy atom. The van der Waals surface area contributed by atoms with Crippen molar-refractivity contribution in [2.75, 3.05) is 0 Å². The minimum Gasteiger partial charge on any atom is -0.459 e. The van der Waals surface area contributed by atoms with Gasteiger partial charge in [-0.25, -0.2) is 0 Å². The van der Waals surface area contributed by atoms with Gasteiger partial charge in [0, 0.05) is 23.1 Å². The summed E-state index contributed by atoms with van der Waals surface area (Å²) in [6.07, 6.45) is 1.75. The SMILES string of the molecule is O=C1CCCc2[nH]c(=O)c(C(=O)N[C@H](c3ccccc3)c3cc4ccccc4o3)cc21. The maximum Gasteiger partial charge on any atom is 0.261 e. The maximum absolute atomic E-state index is 13.1. The Hall–Kier alpha value is -3.93. The molecule has 2 N–H and O–H groups in total. The largest absolute Gasteiger partial charge is 0.459 e. The Morgan fingerprint density at radius 2 is 1.74 bits per heavy atom. The van der Waals surface area contributed by atoms with Crippen LogP contribution in [0.25, 0.3) is 11.0 Å². The van der Waals surface area contributed by atoms with Gasteiger partial charge < -0.3 is 14.7 Å². The number of nitrogens with one attached hydrogen (secondary N) is 2. The second-order valence-electron chi connectivity index (χ2n) is 7.68. The number of pyridine rings is 1. The van der Waals surface area contributed by atoms with Gasteiger partial charge in [-0.3, -0.25) is 14.4 Å². The normalized spacial score (nSPS) is 14.3. The first-order valence-corrected chi connectivity index (χ1v) is 10.2. The van der Waals surface area contributed by atoms with E-state index in [1.807, 2.05) is 60.7 Å². The van der Waals surface area contributed by atoms with Gasteiger partial charge in [0.15, 0.2) is 5.78 Å². The van der Waals surface area contributed by atoms with Crippen molar-refractivity contribution in [3.05, 3.63) is 105 Å². The Kier molecular flexibility index (Phi) is 4.75. The van der Waals surface area contributed by atoms with E-state index >= 15 is 0 Å². The highest BCUT2D eigenvalue weighted by atomic mass is 16.3. The topological polar surface area (TPSA) is 92.2 Å². The van der Waals surface area contributed by atoms with Crippen molar-refractivity contribution in [2.45, 2.75) is 25.3 Å². The second-order valence-corrected chi connectivity index (χ2v) is 7.68. The van der Waals surface area contributed by atoms with E-state index in [0.29, 0.717) is 41.9 Å². The summed E-state index contributed by atoms with van der Waals surface area (Å²) in [5.74, 6) is -0.0496. The molecule has 0 spiro atoms. The first-order chi connectivity index (χ1) is 15.1. The van der Waals surface area contributed by atoms with Crippen molar-refractivity contribution < 1.29 is 14.0 Å². The highest BCUT2D eigenvalue weighted by molar-refractivity contribution is 6.01. The van der Waals surface area contributed by atoms with Crippen molar-refractivity contribution in [3.63, 3.8) is 0 Å². The molecule has 0 radical (unpaired) electrons. The lowest BCUT2D eigenvalue weighted by Crippen LogP contribution is -2.34. The van der Waals surface area contributed by atoms with Gasteiger partial charge in [0.1, 0.15) is 22.9 Å². The number of hydrogen-bond acceptors (Lipinski definition) is 4. The molecule has 6 heteroatoms. The van der Waals surface area contributed by atoms with Crippen molar-refractivity contribution >= 4 is 22.7 Å². The van der Waals surface area contributed by atoms with Gasteiger partial charge in [-0.1, -0.05) is 48.5 Å². The van der Waals surface area contributed by atoms with Crippen LogP contribution in [0.1, 0.15) is 56.6 Å². The summed E-state index contributed by atoms with van der Waals surface area (Å²) >= 11 is 0. The summed E-state index contributed by atoms with van der Waals surface area (Å²) in [6.45, 7) is 0. The lowest BCUT2D eigenvalue weighted by Gasteiger charge is -2.18. The molecular formula is C25H20N2O4. The van der Waals surface area contributed by atoms with Gasteiger partial charge in [-0.15, -0.1) is 0 Å². The number of H-pyrrole nitrogens is 1. The number of carbonyl (C=O) groups is 2. The summed E-state index contributed by atoms with van der Waals surface area (Å²) < 4.78 is 6.00. The van der Waals surface area contributed by atoms with E-state index in [1.54, 1.807) is 0 Å². The molecule has 2 aromatic carbocycles. The Balaban J connectivity index is 1.54. The number of Topliss-reactive ketones (excluding diaryl/α,β-unsaturated/α-hetero) is 1. The first kappa shape index (κ1) is 19.1. The van der Waals surface area contributed by atoms with Crippen LogP contribution in [0.15, 0.2) is 75.9 Å². The van der Waals surface area contributed by atoms with E-state index < -0.39 is 17.5 Å². The van der Waals surface area contributed by atoms with Crippen molar-refractivity contribution in [1.29, 1.82) is 0 Å². The number of amides is 1. The molecule has 0 aliphatic heterocycles. The van der Waals surface area contributed by atoms with Gasteiger partial charge in [0.2, 0.25) is 0 Å². The van der Waals surface area contributed by atoms with E-state index in [2.05, 4.69) is 10.3 Å². The monoisotopic (exact) mass is 412 g/mol. The summed E-state index contributed by atoms with van der Waals surface area (Å²) in [4.78, 5) is 40.7. The number of benzene rings is 2. The highest BCUT2D eigenvalue weighted by Gasteiger charge is 2.26. The number of hydrogen-bond donors (Lipinski definition) is 2. The molecule has 1 atom stereocenters. The number of ketones is 1. The Morgan fingerprint density at radius 1 is 0.968 bits per heavy atom. The van der Waals surface area contributed by atoms with Crippen molar-refractivity contribution in [2.24, 2.45) is 0 Å². The van der Waals surface area contributed by atoms with Gasteiger partial charge in [0.25, 0.3) is 11.5 Å². The lowest BCUT2D eigenvalue weighted by atomic mass is 9.93. The number of aromatic nitrogens is 1. The van der Waals surface area contributed by atoms with Gasteiger partial charge in [-0.2, -0.15) is 0 Å². The summed E-state index contributed by atoms with van der Waals surface area (Å²) in [7, 11) is 0. The molecule has 0 fully saturated rings. The van der Waals surface area contributed by atoms with Crippen LogP contribution in [0.5, 0.6) is 0 Å².